The normalized spacial score (nSPS) is 10.0. The van der Waals surface area contributed by atoms with Crippen LogP contribution in [-0.4, -0.2) is 17.5 Å². The fraction of sp³-hybridized carbons (Fsp3) is 0.143. The molecule has 1 N–H and O–H groups in total. The highest BCUT2D eigenvalue weighted by atomic mass is 19.1. The molecule has 1 aromatic carbocycles. The van der Waals surface area contributed by atoms with Crippen LogP contribution in [0.25, 0.3) is 0 Å². The number of carbonyl (C=O) groups excluding carboxylic acids is 1. The van der Waals surface area contributed by atoms with Crippen LogP contribution in [0.1, 0.15) is 5.69 Å². The van der Waals surface area contributed by atoms with Gasteiger partial charge in [-0.15, -0.1) is 0 Å². The average Bonchev–Trinajstić information content (AvgIpc) is 2.36. The van der Waals surface area contributed by atoms with Gasteiger partial charge in [-0.05, 0) is 31.2 Å². The molecule has 98 valence electrons. The molecule has 0 aliphatic heterocycles. The van der Waals surface area contributed by atoms with Crippen LogP contribution in [0.4, 0.5) is 10.2 Å². The van der Waals surface area contributed by atoms with Gasteiger partial charge in [-0.25, -0.2) is 9.37 Å². The second-order valence-corrected chi connectivity index (χ2v) is 3.96. The Morgan fingerprint density at radius 3 is 2.84 bits per heavy atom. The van der Waals surface area contributed by atoms with Gasteiger partial charge in [0.25, 0.3) is 5.91 Å². The zero-order valence-corrected chi connectivity index (χ0v) is 10.4. The zero-order valence-electron chi connectivity index (χ0n) is 10.4. The van der Waals surface area contributed by atoms with Crippen molar-refractivity contribution in [1.29, 1.82) is 0 Å². The predicted octanol–water partition coefficient (Wildman–Crippen LogP) is 2.55. The predicted molar refractivity (Wildman–Crippen MR) is 69.5 cm³/mol. The van der Waals surface area contributed by atoms with E-state index in [0.29, 0.717) is 11.6 Å². The zero-order chi connectivity index (χ0) is 13.7. The van der Waals surface area contributed by atoms with E-state index in [1.807, 2.05) is 13.0 Å². The van der Waals surface area contributed by atoms with E-state index in [4.69, 9.17) is 4.74 Å². The minimum Gasteiger partial charge on any atom is -0.484 e. The lowest BCUT2D eigenvalue weighted by atomic mass is 10.3. The first-order chi connectivity index (χ1) is 9.13. The van der Waals surface area contributed by atoms with Gasteiger partial charge in [-0.1, -0.05) is 12.1 Å². The van der Waals surface area contributed by atoms with Crippen molar-refractivity contribution >= 4 is 11.7 Å². The van der Waals surface area contributed by atoms with Crippen molar-refractivity contribution in [3.8, 4) is 5.75 Å². The molecule has 4 nitrogen and oxygen atoms in total. The molecule has 0 unspecified atom stereocenters. The number of rotatable bonds is 4. The molecule has 1 aromatic heterocycles. The molecule has 2 aromatic rings. The molecule has 5 heteroatoms. The van der Waals surface area contributed by atoms with Gasteiger partial charge in [-0.2, -0.15) is 0 Å². The molecule has 0 saturated heterocycles. The summed E-state index contributed by atoms with van der Waals surface area (Å²) in [5.74, 6) is 0.0285. The molecule has 0 aliphatic carbocycles. The third kappa shape index (κ3) is 4.06. The number of pyridine rings is 1. The maximum absolute atomic E-state index is 12.9. The molecule has 0 fully saturated rings. The molecule has 19 heavy (non-hydrogen) atoms. The van der Waals surface area contributed by atoms with Crippen molar-refractivity contribution in [2.75, 3.05) is 11.9 Å². The summed E-state index contributed by atoms with van der Waals surface area (Å²) in [7, 11) is 0. The molecular weight excluding hydrogens is 247 g/mol. The maximum Gasteiger partial charge on any atom is 0.263 e. The monoisotopic (exact) mass is 260 g/mol. The van der Waals surface area contributed by atoms with Crippen LogP contribution in [0.5, 0.6) is 5.75 Å². The lowest BCUT2D eigenvalue weighted by Crippen LogP contribution is -2.20. The number of hydrogen-bond acceptors (Lipinski definition) is 3. The first-order valence-electron chi connectivity index (χ1n) is 5.75. The van der Waals surface area contributed by atoms with Gasteiger partial charge < -0.3 is 10.1 Å². The second kappa shape index (κ2) is 5.95. The maximum atomic E-state index is 12.9. The summed E-state index contributed by atoms with van der Waals surface area (Å²) >= 11 is 0. The minimum atomic E-state index is -0.404. The Bertz CT molecular complexity index is 587. The van der Waals surface area contributed by atoms with Crippen LogP contribution in [0, 0.1) is 12.7 Å². The van der Waals surface area contributed by atoms with Crippen molar-refractivity contribution in [3.05, 3.63) is 54.0 Å². The summed E-state index contributed by atoms with van der Waals surface area (Å²) in [6, 6.07) is 10.9. The number of hydrogen-bond donors (Lipinski definition) is 1. The average molecular weight is 260 g/mol. The summed E-state index contributed by atoms with van der Waals surface area (Å²) in [4.78, 5) is 15.7. The van der Waals surface area contributed by atoms with E-state index < -0.39 is 5.82 Å². The van der Waals surface area contributed by atoms with E-state index in [1.54, 1.807) is 18.2 Å². The van der Waals surface area contributed by atoms with Crippen molar-refractivity contribution in [2.24, 2.45) is 0 Å². The van der Waals surface area contributed by atoms with Crippen LogP contribution in [-0.2, 0) is 4.79 Å². The van der Waals surface area contributed by atoms with Crippen LogP contribution in [0.2, 0.25) is 0 Å². The first-order valence-corrected chi connectivity index (χ1v) is 5.75. The van der Waals surface area contributed by atoms with E-state index in [2.05, 4.69) is 10.3 Å². The van der Waals surface area contributed by atoms with Gasteiger partial charge in [0.2, 0.25) is 0 Å². The van der Waals surface area contributed by atoms with Crippen molar-refractivity contribution in [1.82, 2.24) is 4.98 Å². The summed E-state index contributed by atoms with van der Waals surface area (Å²) in [6.07, 6.45) is 0. The number of halogens is 1. The third-order valence-electron chi connectivity index (χ3n) is 2.32. The molecule has 0 radical (unpaired) electrons. The lowest BCUT2D eigenvalue weighted by molar-refractivity contribution is -0.118. The summed E-state index contributed by atoms with van der Waals surface area (Å²) in [5.41, 5.74) is 0.809. The van der Waals surface area contributed by atoms with Crippen molar-refractivity contribution < 1.29 is 13.9 Å². The Labute approximate surface area is 110 Å². The van der Waals surface area contributed by atoms with Crippen LogP contribution in [0.15, 0.2) is 42.5 Å². The standard InChI is InChI=1S/C14H13FN2O2/c1-10-4-2-7-13(16-10)17-14(18)9-19-12-6-3-5-11(15)8-12/h2-8H,9H2,1H3,(H,16,17,18). The number of ether oxygens (including phenoxy) is 1. The number of carbonyl (C=O) groups is 1. The summed E-state index contributed by atoms with van der Waals surface area (Å²) < 4.78 is 18.1. The van der Waals surface area contributed by atoms with Gasteiger partial charge in [0.15, 0.2) is 6.61 Å². The Kier molecular flexibility index (Phi) is 4.07. The van der Waals surface area contributed by atoms with Gasteiger partial charge in [0, 0.05) is 11.8 Å². The Morgan fingerprint density at radius 2 is 2.11 bits per heavy atom. The number of aryl methyl sites for hydroxylation is 1. The highest BCUT2D eigenvalue weighted by Crippen LogP contribution is 2.12. The Hall–Kier alpha value is -2.43. The van der Waals surface area contributed by atoms with Gasteiger partial charge in [-0.3, -0.25) is 4.79 Å². The summed E-state index contributed by atoms with van der Waals surface area (Å²) in [5, 5.41) is 2.60. The topological polar surface area (TPSA) is 51.2 Å². The van der Waals surface area contributed by atoms with Crippen molar-refractivity contribution in [2.45, 2.75) is 6.92 Å². The highest BCUT2D eigenvalue weighted by Gasteiger charge is 2.05. The smallest absolute Gasteiger partial charge is 0.263 e. The van der Waals surface area contributed by atoms with E-state index in [0.717, 1.165) is 5.69 Å². The largest absolute Gasteiger partial charge is 0.484 e. The van der Waals surface area contributed by atoms with Gasteiger partial charge in [0.05, 0.1) is 0 Å². The fourth-order valence-corrected chi connectivity index (χ4v) is 1.50. The molecule has 1 heterocycles. The Morgan fingerprint density at radius 1 is 1.32 bits per heavy atom. The van der Waals surface area contributed by atoms with E-state index >= 15 is 0 Å². The molecule has 0 saturated carbocycles. The molecular formula is C14H13FN2O2. The molecule has 0 aliphatic rings. The lowest BCUT2D eigenvalue weighted by Gasteiger charge is -2.07. The van der Waals surface area contributed by atoms with Crippen LogP contribution in [0.3, 0.4) is 0 Å². The van der Waals surface area contributed by atoms with Gasteiger partial charge in [0.1, 0.15) is 17.4 Å². The molecule has 0 atom stereocenters. The van der Waals surface area contributed by atoms with E-state index in [-0.39, 0.29) is 12.5 Å². The van der Waals surface area contributed by atoms with Gasteiger partial charge >= 0.3 is 0 Å². The first kappa shape index (κ1) is 13.0. The third-order valence-corrected chi connectivity index (χ3v) is 2.32. The van der Waals surface area contributed by atoms with E-state index in [9.17, 15) is 9.18 Å². The molecule has 0 spiro atoms. The fourth-order valence-electron chi connectivity index (χ4n) is 1.50. The number of amides is 1. The van der Waals surface area contributed by atoms with E-state index in [1.165, 1.54) is 18.2 Å². The number of aromatic nitrogens is 1. The molecule has 2 rings (SSSR count). The minimum absolute atomic E-state index is 0.195. The number of benzene rings is 1. The van der Waals surface area contributed by atoms with Crippen molar-refractivity contribution in [3.63, 3.8) is 0 Å². The van der Waals surface area contributed by atoms with Crippen LogP contribution >= 0.6 is 0 Å². The van der Waals surface area contributed by atoms with Crippen LogP contribution < -0.4 is 10.1 Å². The molecule has 0 bridgehead atoms. The SMILES string of the molecule is Cc1cccc(NC(=O)COc2cccc(F)c2)n1. The quantitative estimate of drug-likeness (QED) is 0.919. The number of anilines is 1. The number of nitrogens with zero attached hydrogens (tertiary/aromatic N) is 1. The second-order valence-electron chi connectivity index (χ2n) is 3.96. The Balaban J connectivity index is 1.88. The molecule has 1 amide bonds. The summed E-state index contributed by atoms with van der Waals surface area (Å²) in [6.45, 7) is 1.64. The number of nitrogens with one attached hydrogen (secondary N) is 1. The highest BCUT2D eigenvalue weighted by molar-refractivity contribution is 5.90.